The zero-order valence-corrected chi connectivity index (χ0v) is 11.5. The fraction of sp³-hybridized carbons (Fsp3) is 0.462. The van der Waals surface area contributed by atoms with E-state index < -0.39 is 0 Å². The molecule has 1 aromatic carbocycles. The second kappa shape index (κ2) is 4.51. The molecule has 1 aromatic rings. The molecule has 0 saturated carbocycles. The first-order valence-corrected chi connectivity index (χ1v) is 6.32. The van der Waals surface area contributed by atoms with Crippen LogP contribution in [-0.2, 0) is 6.42 Å². The summed E-state index contributed by atoms with van der Waals surface area (Å²) < 4.78 is 5.15. The molecule has 0 radical (unpaired) electrons. The summed E-state index contributed by atoms with van der Waals surface area (Å²) in [6.45, 7) is 4.09. The van der Waals surface area contributed by atoms with Gasteiger partial charge in [0.05, 0.1) is 12.1 Å². The van der Waals surface area contributed by atoms with E-state index in [2.05, 4.69) is 0 Å². The lowest BCUT2D eigenvalue weighted by Crippen LogP contribution is -2.15. The van der Waals surface area contributed by atoms with Gasteiger partial charge >= 0.3 is 0 Å². The minimum absolute atomic E-state index is 0.00525. The Morgan fingerprint density at radius 1 is 1.35 bits per heavy atom. The van der Waals surface area contributed by atoms with Crippen molar-refractivity contribution in [3.05, 3.63) is 27.2 Å². The Kier molecular flexibility index (Phi) is 3.37. The van der Waals surface area contributed by atoms with Crippen molar-refractivity contribution in [2.24, 2.45) is 11.8 Å². The van der Waals surface area contributed by atoms with Gasteiger partial charge in [-0.1, -0.05) is 37.0 Å². The third-order valence-corrected chi connectivity index (χ3v) is 4.15. The number of hydrogen-bond donors (Lipinski definition) is 0. The van der Waals surface area contributed by atoms with Crippen LogP contribution in [0.2, 0.25) is 10.0 Å². The molecule has 0 N–H and O–H groups in total. The number of carbonyl (C=O) groups is 1. The lowest BCUT2D eigenvalue weighted by Gasteiger charge is -2.11. The van der Waals surface area contributed by atoms with Crippen LogP contribution in [0.25, 0.3) is 0 Å². The van der Waals surface area contributed by atoms with Crippen molar-refractivity contribution in [2.75, 3.05) is 7.11 Å². The molecule has 1 aliphatic rings. The van der Waals surface area contributed by atoms with Gasteiger partial charge in [-0.05, 0) is 24.0 Å². The summed E-state index contributed by atoms with van der Waals surface area (Å²) in [6, 6.07) is 1.82. The number of methoxy groups -OCH3 is 1. The summed E-state index contributed by atoms with van der Waals surface area (Å²) in [7, 11) is 1.54. The molecule has 0 amide bonds. The van der Waals surface area contributed by atoms with Gasteiger partial charge in [0.15, 0.2) is 5.78 Å². The number of Topliss-reactive ketones (excluding diaryl/α,β-unsaturated/α-hetero) is 1. The van der Waals surface area contributed by atoms with Crippen molar-refractivity contribution >= 4 is 29.0 Å². The molecule has 0 aromatic heterocycles. The largest absolute Gasteiger partial charge is 0.495 e. The van der Waals surface area contributed by atoms with E-state index in [1.165, 1.54) is 0 Å². The fourth-order valence-corrected chi connectivity index (χ4v) is 2.82. The zero-order valence-electron chi connectivity index (χ0n) is 10.0. The number of halogens is 2. The third kappa shape index (κ3) is 1.94. The molecule has 2 nitrogen and oxygen atoms in total. The molecule has 0 aliphatic heterocycles. The van der Waals surface area contributed by atoms with Gasteiger partial charge in [0.2, 0.25) is 0 Å². The first kappa shape index (κ1) is 12.7. The van der Waals surface area contributed by atoms with Gasteiger partial charge in [-0.15, -0.1) is 0 Å². The molecule has 1 atom stereocenters. The smallest absolute Gasteiger partial charge is 0.168 e. The van der Waals surface area contributed by atoms with E-state index in [1.807, 2.05) is 19.9 Å². The van der Waals surface area contributed by atoms with Crippen molar-refractivity contribution in [1.82, 2.24) is 0 Å². The Bertz CT molecular complexity index is 481. The molecule has 0 heterocycles. The molecule has 2 rings (SSSR count). The average Bonchev–Trinajstić information content (AvgIpc) is 2.61. The van der Waals surface area contributed by atoms with Crippen LogP contribution in [-0.4, -0.2) is 12.9 Å². The summed E-state index contributed by atoms with van der Waals surface area (Å²) in [5.41, 5.74) is 1.52. The van der Waals surface area contributed by atoms with Crippen LogP contribution in [0.3, 0.4) is 0 Å². The predicted octanol–water partition coefficient (Wildman–Crippen LogP) is 4.01. The summed E-state index contributed by atoms with van der Waals surface area (Å²) in [5, 5.41) is 0.653. The maximum atomic E-state index is 12.2. The summed E-state index contributed by atoms with van der Waals surface area (Å²) in [5.74, 6) is 0.943. The Balaban J connectivity index is 2.56. The minimum atomic E-state index is 0.00525. The number of hydrogen-bond acceptors (Lipinski definition) is 2. The van der Waals surface area contributed by atoms with Crippen LogP contribution < -0.4 is 4.74 Å². The van der Waals surface area contributed by atoms with Gasteiger partial charge in [-0.2, -0.15) is 0 Å². The fourth-order valence-electron chi connectivity index (χ4n) is 2.28. The van der Waals surface area contributed by atoms with E-state index in [0.29, 0.717) is 27.3 Å². The summed E-state index contributed by atoms with van der Waals surface area (Å²) in [6.07, 6.45) is 0.721. The van der Waals surface area contributed by atoms with Gasteiger partial charge in [0, 0.05) is 11.5 Å². The Morgan fingerprint density at radius 3 is 2.53 bits per heavy atom. The molecule has 4 heteroatoms. The van der Waals surface area contributed by atoms with E-state index in [1.54, 1.807) is 7.11 Å². The van der Waals surface area contributed by atoms with Crippen LogP contribution in [0, 0.1) is 11.8 Å². The molecule has 0 saturated heterocycles. The highest BCUT2D eigenvalue weighted by molar-refractivity contribution is 6.45. The molecule has 0 unspecified atom stereocenters. The first-order chi connectivity index (χ1) is 7.97. The molecular weight excluding hydrogens is 259 g/mol. The summed E-state index contributed by atoms with van der Waals surface area (Å²) >= 11 is 12.2. The Hall–Kier alpha value is -0.730. The van der Waals surface area contributed by atoms with Crippen molar-refractivity contribution in [2.45, 2.75) is 20.3 Å². The van der Waals surface area contributed by atoms with E-state index >= 15 is 0 Å². The second-order valence-electron chi connectivity index (χ2n) is 4.66. The quantitative estimate of drug-likeness (QED) is 0.813. The minimum Gasteiger partial charge on any atom is -0.495 e. The van der Waals surface area contributed by atoms with Crippen LogP contribution in [0.4, 0.5) is 0 Å². The third-order valence-electron chi connectivity index (χ3n) is 3.30. The topological polar surface area (TPSA) is 26.3 Å². The maximum absolute atomic E-state index is 12.2. The number of benzene rings is 1. The predicted molar refractivity (Wildman–Crippen MR) is 69.4 cm³/mol. The highest BCUT2D eigenvalue weighted by Gasteiger charge is 2.36. The van der Waals surface area contributed by atoms with Gasteiger partial charge in [-0.3, -0.25) is 4.79 Å². The van der Waals surface area contributed by atoms with Gasteiger partial charge in [-0.25, -0.2) is 0 Å². The lowest BCUT2D eigenvalue weighted by molar-refractivity contribution is 0.0906. The second-order valence-corrected chi connectivity index (χ2v) is 5.42. The van der Waals surface area contributed by atoms with E-state index in [9.17, 15) is 4.79 Å². The molecule has 0 bridgehead atoms. The summed E-state index contributed by atoms with van der Waals surface area (Å²) in [4.78, 5) is 12.2. The lowest BCUT2D eigenvalue weighted by atomic mass is 9.92. The van der Waals surface area contributed by atoms with Crippen molar-refractivity contribution in [3.63, 3.8) is 0 Å². The van der Waals surface area contributed by atoms with E-state index in [0.717, 1.165) is 12.0 Å². The molecule has 0 fully saturated rings. The average molecular weight is 273 g/mol. The van der Waals surface area contributed by atoms with Gasteiger partial charge in [0.25, 0.3) is 0 Å². The molecule has 1 aliphatic carbocycles. The van der Waals surface area contributed by atoms with Crippen molar-refractivity contribution < 1.29 is 9.53 Å². The standard InChI is InChI=1S/C13H14Cl2O2/c1-6(2)8-4-7-5-9(17-3)11(14)12(15)10(7)13(8)16/h5-6,8H,4H2,1-3H3/t8-/m1/s1. The van der Waals surface area contributed by atoms with Gasteiger partial charge in [0.1, 0.15) is 10.8 Å². The normalized spacial score (nSPS) is 18.7. The molecule has 0 spiro atoms. The zero-order chi connectivity index (χ0) is 12.7. The maximum Gasteiger partial charge on any atom is 0.168 e. The molecular formula is C13H14Cl2O2. The number of ketones is 1. The molecule has 92 valence electrons. The number of ether oxygens (including phenoxy) is 1. The Labute approximate surface area is 111 Å². The van der Waals surface area contributed by atoms with E-state index in [4.69, 9.17) is 27.9 Å². The first-order valence-electron chi connectivity index (χ1n) is 5.56. The number of rotatable bonds is 2. The number of fused-ring (bicyclic) bond motifs is 1. The van der Waals surface area contributed by atoms with Crippen LogP contribution in [0.1, 0.15) is 29.8 Å². The van der Waals surface area contributed by atoms with E-state index in [-0.39, 0.29) is 11.7 Å². The Morgan fingerprint density at radius 2 is 2.00 bits per heavy atom. The van der Waals surface area contributed by atoms with Crippen molar-refractivity contribution in [3.8, 4) is 5.75 Å². The molecule has 17 heavy (non-hydrogen) atoms. The number of carbonyl (C=O) groups excluding carboxylic acids is 1. The van der Waals surface area contributed by atoms with Crippen LogP contribution in [0.15, 0.2) is 6.07 Å². The highest BCUT2D eigenvalue weighted by Crippen LogP contribution is 2.43. The SMILES string of the molecule is COc1cc2c(c(Cl)c1Cl)C(=O)[C@@H](C(C)C)C2. The van der Waals surface area contributed by atoms with Crippen molar-refractivity contribution in [1.29, 1.82) is 0 Å². The van der Waals surface area contributed by atoms with Crippen LogP contribution >= 0.6 is 23.2 Å². The van der Waals surface area contributed by atoms with Crippen LogP contribution in [0.5, 0.6) is 5.75 Å². The highest BCUT2D eigenvalue weighted by atomic mass is 35.5. The monoisotopic (exact) mass is 272 g/mol. The van der Waals surface area contributed by atoms with Gasteiger partial charge < -0.3 is 4.74 Å².